The Hall–Kier alpha value is -0.660. The van der Waals surface area contributed by atoms with Crippen LogP contribution in [0.3, 0.4) is 0 Å². The van der Waals surface area contributed by atoms with Gasteiger partial charge in [0.05, 0.1) is 13.2 Å². The fourth-order valence-corrected chi connectivity index (χ4v) is 2.43. The van der Waals surface area contributed by atoms with E-state index in [0.29, 0.717) is 6.54 Å². The molecule has 2 rings (SSSR count). The molecule has 0 radical (unpaired) electrons. The Labute approximate surface area is 121 Å². The summed E-state index contributed by atoms with van der Waals surface area (Å²) in [5, 5.41) is 2.95. The number of amides is 1. The van der Waals surface area contributed by atoms with Crippen molar-refractivity contribution in [2.75, 3.05) is 39.4 Å². The summed E-state index contributed by atoms with van der Waals surface area (Å²) in [5.41, 5.74) is 0.726. The van der Waals surface area contributed by atoms with E-state index in [2.05, 4.69) is 32.8 Å². The van der Waals surface area contributed by atoms with Gasteiger partial charge >= 0.3 is 0 Å². The molecule has 0 bridgehead atoms. The molecule has 1 aliphatic rings. The van der Waals surface area contributed by atoms with Crippen LogP contribution in [0.25, 0.3) is 0 Å². The SMILES string of the molecule is O=C(NCCN1CCOCC1)c1cccc(I)c1. The van der Waals surface area contributed by atoms with Crippen LogP contribution in [0.1, 0.15) is 10.4 Å². The summed E-state index contributed by atoms with van der Waals surface area (Å²) < 4.78 is 6.36. The zero-order valence-electron chi connectivity index (χ0n) is 10.2. The van der Waals surface area contributed by atoms with Gasteiger partial charge in [-0.2, -0.15) is 0 Å². The van der Waals surface area contributed by atoms with E-state index in [4.69, 9.17) is 4.74 Å². The van der Waals surface area contributed by atoms with Crippen molar-refractivity contribution >= 4 is 28.5 Å². The fourth-order valence-electron chi connectivity index (χ4n) is 1.88. The van der Waals surface area contributed by atoms with Crippen LogP contribution in [0.4, 0.5) is 0 Å². The molecule has 1 fully saturated rings. The van der Waals surface area contributed by atoms with Gasteiger partial charge in [-0.05, 0) is 40.8 Å². The van der Waals surface area contributed by atoms with Crippen LogP contribution in [0.2, 0.25) is 0 Å². The van der Waals surface area contributed by atoms with Gasteiger partial charge in [-0.25, -0.2) is 0 Å². The van der Waals surface area contributed by atoms with E-state index in [9.17, 15) is 4.79 Å². The first kappa shape index (κ1) is 13.8. The Morgan fingerprint density at radius 3 is 2.89 bits per heavy atom. The van der Waals surface area contributed by atoms with Crippen molar-refractivity contribution < 1.29 is 9.53 Å². The summed E-state index contributed by atoms with van der Waals surface area (Å²) in [4.78, 5) is 14.2. The number of rotatable bonds is 4. The van der Waals surface area contributed by atoms with Crippen LogP contribution in [0, 0.1) is 3.57 Å². The Balaban J connectivity index is 1.74. The summed E-state index contributed by atoms with van der Waals surface area (Å²) >= 11 is 2.21. The number of carbonyl (C=O) groups is 1. The average molecular weight is 360 g/mol. The predicted molar refractivity (Wildman–Crippen MR) is 78.8 cm³/mol. The van der Waals surface area contributed by atoms with Gasteiger partial charge in [0.25, 0.3) is 5.91 Å². The predicted octanol–water partition coefficient (Wildman–Crippen LogP) is 1.35. The molecule has 0 spiro atoms. The second-order valence-electron chi connectivity index (χ2n) is 4.22. The smallest absolute Gasteiger partial charge is 0.251 e. The van der Waals surface area contributed by atoms with Gasteiger partial charge in [0, 0.05) is 35.3 Å². The molecule has 1 heterocycles. The van der Waals surface area contributed by atoms with E-state index in [1.807, 2.05) is 24.3 Å². The first-order valence-electron chi connectivity index (χ1n) is 6.09. The Bertz CT molecular complexity index is 406. The molecule has 98 valence electrons. The van der Waals surface area contributed by atoms with E-state index >= 15 is 0 Å². The maximum Gasteiger partial charge on any atom is 0.251 e. The van der Waals surface area contributed by atoms with Gasteiger partial charge in [-0.15, -0.1) is 0 Å². The third kappa shape index (κ3) is 4.22. The highest BCUT2D eigenvalue weighted by Crippen LogP contribution is 2.07. The number of halogens is 1. The second kappa shape index (κ2) is 7.06. The number of hydrogen-bond donors (Lipinski definition) is 1. The van der Waals surface area contributed by atoms with Crippen molar-refractivity contribution in [3.8, 4) is 0 Å². The fraction of sp³-hybridized carbons (Fsp3) is 0.462. The van der Waals surface area contributed by atoms with Crippen molar-refractivity contribution in [3.63, 3.8) is 0 Å². The van der Waals surface area contributed by atoms with Crippen LogP contribution in [0.15, 0.2) is 24.3 Å². The minimum absolute atomic E-state index is 0.00164. The minimum Gasteiger partial charge on any atom is -0.379 e. The van der Waals surface area contributed by atoms with Crippen LogP contribution in [-0.4, -0.2) is 50.2 Å². The molecule has 1 N–H and O–H groups in total. The standard InChI is InChI=1S/C13H17IN2O2/c14-12-3-1-2-11(10-12)13(17)15-4-5-16-6-8-18-9-7-16/h1-3,10H,4-9H2,(H,15,17). The van der Waals surface area contributed by atoms with Gasteiger partial charge in [0.15, 0.2) is 0 Å². The highest BCUT2D eigenvalue weighted by Gasteiger charge is 2.10. The van der Waals surface area contributed by atoms with Crippen molar-refractivity contribution in [2.45, 2.75) is 0 Å². The Morgan fingerprint density at radius 2 is 2.17 bits per heavy atom. The second-order valence-corrected chi connectivity index (χ2v) is 5.47. The number of carbonyl (C=O) groups excluding carboxylic acids is 1. The Morgan fingerprint density at radius 1 is 1.39 bits per heavy atom. The van der Waals surface area contributed by atoms with Gasteiger partial charge in [0.2, 0.25) is 0 Å². The molecule has 4 nitrogen and oxygen atoms in total. The number of morpholine rings is 1. The summed E-state index contributed by atoms with van der Waals surface area (Å²) in [6.45, 7) is 5.08. The lowest BCUT2D eigenvalue weighted by Gasteiger charge is -2.26. The lowest BCUT2D eigenvalue weighted by Crippen LogP contribution is -2.41. The van der Waals surface area contributed by atoms with E-state index in [0.717, 1.165) is 42.0 Å². The molecule has 0 saturated carbocycles. The van der Waals surface area contributed by atoms with Crippen LogP contribution < -0.4 is 5.32 Å². The third-order valence-corrected chi connectivity index (χ3v) is 3.58. The van der Waals surface area contributed by atoms with Crippen molar-refractivity contribution in [3.05, 3.63) is 33.4 Å². The number of ether oxygens (including phenoxy) is 1. The van der Waals surface area contributed by atoms with E-state index in [-0.39, 0.29) is 5.91 Å². The molecule has 18 heavy (non-hydrogen) atoms. The number of nitrogens with zero attached hydrogens (tertiary/aromatic N) is 1. The molecule has 1 aliphatic heterocycles. The molecule has 1 aromatic rings. The van der Waals surface area contributed by atoms with E-state index in [1.165, 1.54) is 0 Å². The lowest BCUT2D eigenvalue weighted by molar-refractivity contribution is 0.0383. The molecule has 5 heteroatoms. The molecular weight excluding hydrogens is 343 g/mol. The van der Waals surface area contributed by atoms with E-state index in [1.54, 1.807) is 0 Å². The van der Waals surface area contributed by atoms with Crippen LogP contribution in [-0.2, 0) is 4.74 Å². The molecule has 0 aliphatic carbocycles. The monoisotopic (exact) mass is 360 g/mol. The van der Waals surface area contributed by atoms with Crippen molar-refractivity contribution in [1.82, 2.24) is 10.2 Å². The zero-order chi connectivity index (χ0) is 12.8. The maximum absolute atomic E-state index is 11.9. The summed E-state index contributed by atoms with van der Waals surface area (Å²) in [5.74, 6) is 0.00164. The maximum atomic E-state index is 11.9. The molecule has 1 aromatic carbocycles. The quantitative estimate of drug-likeness (QED) is 0.825. The molecule has 0 atom stereocenters. The van der Waals surface area contributed by atoms with Gasteiger partial charge in [-0.3, -0.25) is 9.69 Å². The van der Waals surface area contributed by atoms with E-state index < -0.39 is 0 Å². The van der Waals surface area contributed by atoms with Gasteiger partial charge < -0.3 is 10.1 Å². The van der Waals surface area contributed by atoms with Crippen LogP contribution in [0.5, 0.6) is 0 Å². The summed E-state index contributed by atoms with van der Waals surface area (Å²) in [6, 6.07) is 7.61. The first-order valence-corrected chi connectivity index (χ1v) is 7.17. The zero-order valence-corrected chi connectivity index (χ0v) is 12.4. The average Bonchev–Trinajstić information content (AvgIpc) is 2.40. The molecule has 0 aromatic heterocycles. The van der Waals surface area contributed by atoms with Crippen LogP contribution >= 0.6 is 22.6 Å². The normalized spacial score (nSPS) is 16.5. The largest absolute Gasteiger partial charge is 0.379 e. The van der Waals surface area contributed by atoms with Gasteiger partial charge in [0.1, 0.15) is 0 Å². The van der Waals surface area contributed by atoms with Crippen molar-refractivity contribution in [2.24, 2.45) is 0 Å². The van der Waals surface area contributed by atoms with Crippen molar-refractivity contribution in [1.29, 1.82) is 0 Å². The summed E-state index contributed by atoms with van der Waals surface area (Å²) in [6.07, 6.45) is 0. The first-order chi connectivity index (χ1) is 8.75. The summed E-state index contributed by atoms with van der Waals surface area (Å²) in [7, 11) is 0. The third-order valence-electron chi connectivity index (χ3n) is 2.90. The topological polar surface area (TPSA) is 41.6 Å². The number of nitrogens with one attached hydrogen (secondary N) is 1. The molecule has 1 amide bonds. The highest BCUT2D eigenvalue weighted by atomic mass is 127. The molecule has 1 saturated heterocycles. The highest BCUT2D eigenvalue weighted by molar-refractivity contribution is 14.1. The molecule has 0 unspecified atom stereocenters. The molecular formula is C13H17IN2O2. The lowest BCUT2D eigenvalue weighted by atomic mass is 10.2. The number of benzene rings is 1. The minimum atomic E-state index is 0.00164. The number of hydrogen-bond acceptors (Lipinski definition) is 3. The van der Waals surface area contributed by atoms with Gasteiger partial charge in [-0.1, -0.05) is 6.07 Å². The Kier molecular flexibility index (Phi) is 5.40.